The monoisotopic (exact) mass is 291 g/mol. The highest BCUT2D eigenvalue weighted by Gasteiger charge is 2.22. The Morgan fingerprint density at radius 1 is 1.32 bits per heavy atom. The molecule has 0 saturated heterocycles. The Morgan fingerprint density at radius 2 is 2.16 bits per heavy atom. The van der Waals surface area contributed by atoms with Gasteiger partial charge in [-0.05, 0) is 35.7 Å². The van der Waals surface area contributed by atoms with E-state index in [0.29, 0.717) is 10.6 Å². The molecule has 2 N–H and O–H groups in total. The van der Waals surface area contributed by atoms with Gasteiger partial charge < -0.3 is 10.2 Å². The van der Waals surface area contributed by atoms with E-state index in [-0.39, 0.29) is 11.5 Å². The van der Waals surface area contributed by atoms with Crippen LogP contribution >= 0.6 is 22.9 Å². The average Bonchev–Trinajstić information content (AvgIpc) is 3.05. The zero-order valence-corrected chi connectivity index (χ0v) is 11.4. The molecule has 19 heavy (non-hydrogen) atoms. The van der Waals surface area contributed by atoms with E-state index in [1.165, 1.54) is 11.3 Å². The van der Waals surface area contributed by atoms with E-state index in [1.807, 2.05) is 17.5 Å². The highest BCUT2D eigenvalue weighted by Crippen LogP contribution is 2.26. The summed E-state index contributed by atoms with van der Waals surface area (Å²) in [6.45, 7) is 0. The Kier molecular flexibility index (Phi) is 3.14. The van der Waals surface area contributed by atoms with E-state index < -0.39 is 6.04 Å². The maximum atomic E-state index is 12.3. The van der Waals surface area contributed by atoms with Crippen molar-refractivity contribution >= 4 is 39.7 Å². The van der Waals surface area contributed by atoms with Gasteiger partial charge in [0, 0.05) is 15.3 Å². The summed E-state index contributed by atoms with van der Waals surface area (Å²) >= 11 is 7.36. The lowest BCUT2D eigenvalue weighted by Gasteiger charge is -2.05. The van der Waals surface area contributed by atoms with Crippen LogP contribution < -0.4 is 5.73 Å². The number of carbonyl (C=O) groups excluding carboxylic acids is 1. The number of Topliss-reactive ketones (excluding diaryl/α,β-unsaturated/α-hetero) is 1. The van der Waals surface area contributed by atoms with Crippen LogP contribution in [0.2, 0.25) is 5.02 Å². The minimum atomic E-state index is -0.684. The molecule has 0 bridgehead atoms. The number of thiophene rings is 1. The third kappa shape index (κ3) is 2.30. The molecule has 5 heteroatoms. The van der Waals surface area contributed by atoms with Crippen molar-refractivity contribution in [2.75, 3.05) is 0 Å². The number of fused-ring (bicyclic) bond motifs is 1. The number of ketones is 1. The fourth-order valence-corrected chi connectivity index (χ4v) is 2.79. The van der Waals surface area contributed by atoms with E-state index >= 15 is 0 Å². The lowest BCUT2D eigenvalue weighted by molar-refractivity contribution is 0.0937. The Labute approximate surface area is 118 Å². The highest BCUT2D eigenvalue weighted by atomic mass is 35.5. The van der Waals surface area contributed by atoms with Crippen molar-refractivity contribution in [3.05, 3.63) is 57.4 Å². The zero-order chi connectivity index (χ0) is 13.4. The molecular weight excluding hydrogens is 282 g/mol. The lowest BCUT2D eigenvalue weighted by Crippen LogP contribution is -2.19. The first-order valence-electron chi connectivity index (χ1n) is 5.67. The van der Waals surface area contributed by atoms with Crippen molar-refractivity contribution < 1.29 is 9.21 Å². The van der Waals surface area contributed by atoms with Crippen LogP contribution in [0.25, 0.3) is 11.0 Å². The molecule has 2 aromatic heterocycles. The minimum absolute atomic E-state index is 0.227. The number of rotatable bonds is 3. The van der Waals surface area contributed by atoms with Gasteiger partial charge in [0.15, 0.2) is 5.76 Å². The molecule has 2 heterocycles. The first kappa shape index (κ1) is 12.4. The van der Waals surface area contributed by atoms with Crippen LogP contribution in [0, 0.1) is 0 Å². The van der Waals surface area contributed by atoms with E-state index in [9.17, 15) is 4.79 Å². The van der Waals surface area contributed by atoms with Gasteiger partial charge >= 0.3 is 0 Å². The molecule has 0 amide bonds. The van der Waals surface area contributed by atoms with Gasteiger partial charge in [0.1, 0.15) is 11.6 Å². The van der Waals surface area contributed by atoms with E-state index in [4.69, 9.17) is 21.8 Å². The number of furan rings is 1. The number of halogens is 1. The van der Waals surface area contributed by atoms with Crippen LogP contribution in [0.5, 0.6) is 0 Å². The summed E-state index contributed by atoms with van der Waals surface area (Å²) in [5.74, 6) is 0.0351. The molecule has 1 unspecified atom stereocenters. The molecule has 0 saturated carbocycles. The second-order valence-corrected chi connectivity index (χ2v) is 5.57. The fraction of sp³-hybridized carbons (Fsp3) is 0.0714. The lowest BCUT2D eigenvalue weighted by atomic mass is 10.1. The first-order chi connectivity index (χ1) is 9.15. The highest BCUT2D eigenvalue weighted by molar-refractivity contribution is 7.10. The molecule has 96 valence electrons. The van der Waals surface area contributed by atoms with Crippen molar-refractivity contribution in [3.8, 4) is 0 Å². The van der Waals surface area contributed by atoms with Crippen LogP contribution in [0.3, 0.4) is 0 Å². The van der Waals surface area contributed by atoms with Crippen molar-refractivity contribution in [1.29, 1.82) is 0 Å². The Morgan fingerprint density at radius 3 is 2.89 bits per heavy atom. The third-order valence-corrected chi connectivity index (χ3v) is 4.04. The van der Waals surface area contributed by atoms with Gasteiger partial charge in [0.25, 0.3) is 0 Å². The van der Waals surface area contributed by atoms with Crippen LogP contribution in [-0.4, -0.2) is 5.78 Å². The smallest absolute Gasteiger partial charge is 0.219 e. The van der Waals surface area contributed by atoms with E-state index in [2.05, 4.69) is 0 Å². The number of nitrogens with two attached hydrogens (primary N) is 1. The average molecular weight is 292 g/mol. The molecular formula is C14H10ClNO2S. The molecule has 0 fully saturated rings. The quantitative estimate of drug-likeness (QED) is 0.741. The topological polar surface area (TPSA) is 56.2 Å². The van der Waals surface area contributed by atoms with Gasteiger partial charge in [0.05, 0.1) is 0 Å². The SMILES string of the molecule is NC(C(=O)c1cc2cc(Cl)ccc2o1)c1cccs1. The molecule has 3 rings (SSSR count). The maximum absolute atomic E-state index is 12.3. The molecule has 0 aliphatic heterocycles. The maximum Gasteiger partial charge on any atom is 0.219 e. The summed E-state index contributed by atoms with van der Waals surface area (Å²) in [7, 11) is 0. The van der Waals surface area contributed by atoms with Gasteiger partial charge in [-0.15, -0.1) is 11.3 Å². The van der Waals surface area contributed by atoms with Crippen LogP contribution in [-0.2, 0) is 0 Å². The minimum Gasteiger partial charge on any atom is -0.453 e. The number of hydrogen-bond acceptors (Lipinski definition) is 4. The zero-order valence-electron chi connectivity index (χ0n) is 9.80. The van der Waals surface area contributed by atoms with Crippen LogP contribution in [0.4, 0.5) is 0 Å². The predicted octanol–water partition coefficient (Wildman–Crippen LogP) is 4.03. The van der Waals surface area contributed by atoms with Crippen molar-refractivity contribution in [2.45, 2.75) is 6.04 Å². The van der Waals surface area contributed by atoms with Crippen molar-refractivity contribution in [2.24, 2.45) is 5.73 Å². The predicted molar refractivity (Wildman–Crippen MR) is 76.8 cm³/mol. The molecule has 1 atom stereocenters. The molecule has 0 aliphatic carbocycles. The normalized spacial score (nSPS) is 12.7. The van der Waals surface area contributed by atoms with Gasteiger partial charge in [-0.3, -0.25) is 4.79 Å². The summed E-state index contributed by atoms with van der Waals surface area (Å²) in [5.41, 5.74) is 6.57. The van der Waals surface area contributed by atoms with Gasteiger partial charge in [-0.2, -0.15) is 0 Å². The molecule has 0 aliphatic rings. The number of hydrogen-bond donors (Lipinski definition) is 1. The number of carbonyl (C=O) groups is 1. The first-order valence-corrected chi connectivity index (χ1v) is 6.93. The van der Waals surface area contributed by atoms with E-state index in [0.717, 1.165) is 10.3 Å². The van der Waals surface area contributed by atoms with Gasteiger partial charge in [0.2, 0.25) is 5.78 Å². The summed E-state index contributed by atoms with van der Waals surface area (Å²) in [5, 5.41) is 3.30. The standard InChI is InChI=1S/C14H10ClNO2S/c15-9-3-4-10-8(6-9)7-11(18-10)14(17)13(16)12-2-1-5-19-12/h1-7,13H,16H2. The van der Waals surface area contributed by atoms with Crippen molar-refractivity contribution in [3.63, 3.8) is 0 Å². The molecule has 3 nitrogen and oxygen atoms in total. The van der Waals surface area contributed by atoms with Gasteiger partial charge in [-0.25, -0.2) is 0 Å². The second-order valence-electron chi connectivity index (χ2n) is 4.15. The van der Waals surface area contributed by atoms with Crippen molar-refractivity contribution in [1.82, 2.24) is 0 Å². The Bertz CT molecular complexity index is 733. The van der Waals surface area contributed by atoms with Crippen LogP contribution in [0.1, 0.15) is 21.5 Å². The third-order valence-electron chi connectivity index (χ3n) is 2.85. The van der Waals surface area contributed by atoms with Crippen LogP contribution in [0.15, 0.2) is 46.2 Å². The summed E-state index contributed by atoms with van der Waals surface area (Å²) in [6, 6.07) is 9.92. The molecule has 0 spiro atoms. The summed E-state index contributed by atoms with van der Waals surface area (Å²) < 4.78 is 5.52. The second kappa shape index (κ2) is 4.81. The largest absolute Gasteiger partial charge is 0.453 e. The number of benzene rings is 1. The molecule has 3 aromatic rings. The fourth-order valence-electron chi connectivity index (χ4n) is 1.89. The van der Waals surface area contributed by atoms with E-state index in [1.54, 1.807) is 24.3 Å². The summed E-state index contributed by atoms with van der Waals surface area (Å²) in [4.78, 5) is 13.1. The molecule has 1 aromatic carbocycles. The summed E-state index contributed by atoms with van der Waals surface area (Å²) in [6.07, 6.45) is 0. The van der Waals surface area contributed by atoms with Gasteiger partial charge in [-0.1, -0.05) is 17.7 Å². The Hall–Kier alpha value is -1.62. The molecule has 0 radical (unpaired) electrons. The Balaban J connectivity index is 1.97.